The highest BCUT2D eigenvalue weighted by Crippen LogP contribution is 2.52. The highest BCUT2D eigenvalue weighted by Gasteiger charge is 2.48. The highest BCUT2D eigenvalue weighted by atomic mass is 15.1. The number of fused-ring (bicyclic) bond motifs is 1. The van der Waals surface area contributed by atoms with Crippen LogP contribution in [0.25, 0.3) is 0 Å². The summed E-state index contributed by atoms with van der Waals surface area (Å²) in [5.74, 6) is 0.783. The van der Waals surface area contributed by atoms with E-state index in [4.69, 9.17) is 5.73 Å². The van der Waals surface area contributed by atoms with Crippen LogP contribution >= 0.6 is 0 Å². The monoisotopic (exact) mass is 286 g/mol. The molecule has 116 valence electrons. The van der Waals surface area contributed by atoms with Crippen molar-refractivity contribution in [1.82, 2.24) is 4.90 Å². The Hall–Kier alpha value is -1.02. The number of nitrogens with two attached hydrogens (primary N) is 1. The Balaban J connectivity index is 2.10. The van der Waals surface area contributed by atoms with E-state index >= 15 is 0 Å². The molecule has 1 saturated heterocycles. The van der Waals surface area contributed by atoms with Crippen molar-refractivity contribution in [2.75, 3.05) is 19.3 Å². The third kappa shape index (κ3) is 2.28. The number of likely N-dealkylation sites (tertiary alicyclic amines) is 1. The van der Waals surface area contributed by atoms with Gasteiger partial charge in [-0.3, -0.25) is 0 Å². The van der Waals surface area contributed by atoms with Gasteiger partial charge >= 0.3 is 0 Å². The molecule has 3 unspecified atom stereocenters. The predicted octanol–water partition coefficient (Wildman–Crippen LogP) is 4.04. The number of nitrogens with zero attached hydrogens (tertiary/aromatic N) is 1. The van der Waals surface area contributed by atoms with E-state index in [1.165, 1.54) is 49.8 Å². The molecule has 2 aliphatic rings. The summed E-state index contributed by atoms with van der Waals surface area (Å²) in [6.45, 7) is 8.05. The maximum Gasteiger partial charge on any atom is 0.0346 e. The Labute approximate surface area is 129 Å². The van der Waals surface area contributed by atoms with Crippen molar-refractivity contribution in [2.45, 2.75) is 64.3 Å². The first-order valence-corrected chi connectivity index (χ1v) is 8.53. The van der Waals surface area contributed by atoms with Crippen LogP contribution in [0, 0.1) is 19.8 Å². The Morgan fingerprint density at radius 3 is 2.67 bits per heavy atom. The van der Waals surface area contributed by atoms with Crippen molar-refractivity contribution in [3.8, 4) is 0 Å². The third-order valence-corrected chi connectivity index (χ3v) is 6.44. The van der Waals surface area contributed by atoms with Crippen LogP contribution in [0.5, 0.6) is 0 Å². The average molecular weight is 286 g/mol. The number of aryl methyl sites for hydroxylation is 2. The number of hydrogen-bond acceptors (Lipinski definition) is 2. The lowest BCUT2D eigenvalue weighted by Crippen LogP contribution is -2.55. The van der Waals surface area contributed by atoms with Gasteiger partial charge in [-0.05, 0) is 82.3 Å². The van der Waals surface area contributed by atoms with Crippen molar-refractivity contribution in [1.29, 1.82) is 0 Å². The molecule has 1 aliphatic heterocycles. The van der Waals surface area contributed by atoms with E-state index in [1.54, 1.807) is 5.56 Å². The molecule has 0 spiro atoms. The van der Waals surface area contributed by atoms with Gasteiger partial charge in [-0.2, -0.15) is 0 Å². The fourth-order valence-corrected chi connectivity index (χ4v) is 5.04. The first-order valence-electron chi connectivity index (χ1n) is 8.53. The summed E-state index contributed by atoms with van der Waals surface area (Å²) in [6.07, 6.45) is 6.78. The van der Waals surface area contributed by atoms with E-state index < -0.39 is 0 Å². The molecule has 2 nitrogen and oxygen atoms in total. The first kappa shape index (κ1) is 14.9. The van der Waals surface area contributed by atoms with Gasteiger partial charge < -0.3 is 10.6 Å². The number of rotatable bonds is 1. The Kier molecular flexibility index (Phi) is 3.77. The topological polar surface area (TPSA) is 29.3 Å². The number of hydrogen-bond donors (Lipinski definition) is 1. The van der Waals surface area contributed by atoms with Crippen LogP contribution in [-0.2, 0) is 5.41 Å². The maximum atomic E-state index is 6.27. The van der Waals surface area contributed by atoms with Gasteiger partial charge in [0.2, 0.25) is 0 Å². The van der Waals surface area contributed by atoms with Gasteiger partial charge in [0.25, 0.3) is 0 Å². The van der Waals surface area contributed by atoms with Crippen LogP contribution in [0.2, 0.25) is 0 Å². The van der Waals surface area contributed by atoms with Crippen LogP contribution in [0.1, 0.15) is 55.7 Å². The van der Waals surface area contributed by atoms with Crippen LogP contribution in [0.15, 0.2) is 12.1 Å². The minimum Gasteiger partial charge on any atom is -0.399 e. The zero-order valence-electron chi connectivity index (χ0n) is 14.1. The summed E-state index contributed by atoms with van der Waals surface area (Å²) in [7, 11) is 2.29. The number of piperidine rings is 1. The fraction of sp³-hybridized carbons (Fsp3) is 0.684. The lowest BCUT2D eigenvalue weighted by Gasteiger charge is -2.54. The van der Waals surface area contributed by atoms with E-state index in [2.05, 4.69) is 44.9 Å². The molecule has 0 aromatic heterocycles. The third-order valence-electron chi connectivity index (χ3n) is 6.44. The average Bonchev–Trinajstić information content (AvgIpc) is 2.47. The van der Waals surface area contributed by atoms with E-state index in [0.717, 1.165) is 11.6 Å². The van der Waals surface area contributed by atoms with Gasteiger partial charge in [0.15, 0.2) is 0 Å². The van der Waals surface area contributed by atoms with Crippen LogP contribution in [0.4, 0.5) is 5.69 Å². The summed E-state index contributed by atoms with van der Waals surface area (Å²) in [6, 6.07) is 5.29. The van der Waals surface area contributed by atoms with Crippen LogP contribution in [-0.4, -0.2) is 24.5 Å². The van der Waals surface area contributed by atoms with Crippen molar-refractivity contribution < 1.29 is 0 Å². The zero-order chi connectivity index (χ0) is 15.2. The van der Waals surface area contributed by atoms with Crippen molar-refractivity contribution in [2.24, 2.45) is 5.92 Å². The molecular weight excluding hydrogens is 256 g/mol. The molecule has 0 radical (unpaired) electrons. The van der Waals surface area contributed by atoms with Gasteiger partial charge in [-0.25, -0.2) is 0 Å². The van der Waals surface area contributed by atoms with Gasteiger partial charge in [-0.15, -0.1) is 0 Å². The minimum atomic E-state index is 0.371. The standard InChI is InChI=1S/C19H30N2/c1-13-11-14(2)18(20)12-17(13)19-8-6-5-7-16(19)15(3)21(4)10-9-19/h11-12,15-16H,5-10,20H2,1-4H3. The molecule has 1 aromatic carbocycles. The van der Waals surface area contributed by atoms with Crippen molar-refractivity contribution in [3.05, 3.63) is 28.8 Å². The van der Waals surface area contributed by atoms with Gasteiger partial charge in [0.05, 0.1) is 0 Å². The summed E-state index contributed by atoms with van der Waals surface area (Å²) in [5.41, 5.74) is 11.8. The summed E-state index contributed by atoms with van der Waals surface area (Å²) in [5, 5.41) is 0. The molecule has 21 heavy (non-hydrogen) atoms. The van der Waals surface area contributed by atoms with Crippen molar-refractivity contribution in [3.63, 3.8) is 0 Å². The molecule has 0 amide bonds. The van der Waals surface area contributed by atoms with Gasteiger partial charge in [-0.1, -0.05) is 18.9 Å². The van der Waals surface area contributed by atoms with E-state index in [9.17, 15) is 0 Å². The number of nitrogen functional groups attached to an aromatic ring is 1. The normalized spacial score (nSPS) is 33.7. The largest absolute Gasteiger partial charge is 0.399 e. The summed E-state index contributed by atoms with van der Waals surface area (Å²) < 4.78 is 0. The molecule has 0 bridgehead atoms. The Morgan fingerprint density at radius 1 is 1.14 bits per heavy atom. The SMILES string of the molecule is Cc1cc(C)c(C23CCCCC2C(C)N(C)CC3)cc1N. The second-order valence-corrected chi connectivity index (χ2v) is 7.50. The number of anilines is 1. The molecule has 3 atom stereocenters. The van der Waals surface area contributed by atoms with E-state index in [1.807, 2.05) is 0 Å². The van der Waals surface area contributed by atoms with Gasteiger partial charge in [0.1, 0.15) is 0 Å². The first-order chi connectivity index (χ1) is 9.95. The quantitative estimate of drug-likeness (QED) is 0.790. The van der Waals surface area contributed by atoms with Crippen LogP contribution in [0.3, 0.4) is 0 Å². The Bertz CT molecular complexity index is 537. The summed E-state index contributed by atoms with van der Waals surface area (Å²) in [4.78, 5) is 2.56. The predicted molar refractivity (Wildman–Crippen MR) is 90.7 cm³/mol. The lowest BCUT2D eigenvalue weighted by molar-refractivity contribution is 0.0226. The maximum absolute atomic E-state index is 6.27. The lowest BCUT2D eigenvalue weighted by atomic mass is 9.56. The molecular formula is C19H30N2. The highest BCUT2D eigenvalue weighted by molar-refractivity contribution is 5.54. The van der Waals surface area contributed by atoms with Gasteiger partial charge in [0, 0.05) is 17.1 Å². The second-order valence-electron chi connectivity index (χ2n) is 7.50. The summed E-state index contributed by atoms with van der Waals surface area (Å²) >= 11 is 0. The molecule has 3 rings (SSSR count). The molecule has 1 heterocycles. The molecule has 2 heteroatoms. The minimum absolute atomic E-state index is 0.371. The van der Waals surface area contributed by atoms with Crippen LogP contribution < -0.4 is 5.73 Å². The van der Waals surface area contributed by atoms with E-state index in [-0.39, 0.29) is 0 Å². The van der Waals surface area contributed by atoms with Crippen molar-refractivity contribution >= 4 is 5.69 Å². The molecule has 1 aliphatic carbocycles. The fourth-order valence-electron chi connectivity index (χ4n) is 5.04. The smallest absolute Gasteiger partial charge is 0.0346 e. The molecule has 2 N–H and O–H groups in total. The van der Waals surface area contributed by atoms with E-state index in [0.29, 0.717) is 11.5 Å². The number of benzene rings is 1. The molecule has 1 aromatic rings. The second kappa shape index (κ2) is 5.31. The molecule has 2 fully saturated rings. The molecule has 1 saturated carbocycles. The zero-order valence-corrected chi connectivity index (χ0v) is 14.1. The Morgan fingerprint density at radius 2 is 1.90 bits per heavy atom.